The van der Waals surface area contributed by atoms with E-state index in [0.717, 1.165) is 17.7 Å². The van der Waals surface area contributed by atoms with Gasteiger partial charge < -0.3 is 0 Å². The standard InChI is InChI=1S/C16H32BS/c1-7-16(5,6)11-13-8-12(9-14(13)17-18)10-15(2,3)4/h12-14,18H,7-11H2,1-6H3. The van der Waals surface area contributed by atoms with Crippen LogP contribution in [-0.4, -0.2) is 6.56 Å². The Labute approximate surface area is 121 Å². The molecule has 1 saturated carbocycles. The van der Waals surface area contributed by atoms with E-state index in [0.29, 0.717) is 10.8 Å². The molecule has 0 aromatic carbocycles. The Hall–Kier alpha value is 0.415. The smallest absolute Gasteiger partial charge is 0.191 e. The Morgan fingerprint density at radius 2 is 1.67 bits per heavy atom. The van der Waals surface area contributed by atoms with Gasteiger partial charge in [0.25, 0.3) is 0 Å². The monoisotopic (exact) mass is 267 g/mol. The van der Waals surface area contributed by atoms with Crippen molar-refractivity contribution in [2.75, 3.05) is 0 Å². The molecular formula is C16H32BS. The highest BCUT2D eigenvalue weighted by atomic mass is 32.1. The molecule has 1 aliphatic rings. The molecular weight excluding hydrogens is 235 g/mol. The van der Waals surface area contributed by atoms with Crippen LogP contribution >= 0.6 is 12.5 Å². The fourth-order valence-electron chi connectivity index (χ4n) is 3.58. The summed E-state index contributed by atoms with van der Waals surface area (Å²) in [6.45, 7) is 16.4. The number of thiol groups is 1. The average molecular weight is 267 g/mol. The molecule has 0 aliphatic heterocycles. The summed E-state index contributed by atoms with van der Waals surface area (Å²) >= 11 is 4.48. The van der Waals surface area contributed by atoms with Gasteiger partial charge >= 0.3 is 0 Å². The lowest BCUT2D eigenvalue weighted by molar-refractivity contribution is 0.244. The summed E-state index contributed by atoms with van der Waals surface area (Å²) in [6.07, 6.45) is 6.81. The largest absolute Gasteiger partial charge is 0.235 e. The van der Waals surface area contributed by atoms with Crippen LogP contribution in [0.4, 0.5) is 0 Å². The molecule has 0 aromatic heterocycles. The van der Waals surface area contributed by atoms with Crippen molar-refractivity contribution in [1.82, 2.24) is 0 Å². The van der Waals surface area contributed by atoms with Gasteiger partial charge in [0.2, 0.25) is 0 Å². The summed E-state index contributed by atoms with van der Waals surface area (Å²) in [5.74, 6) is 2.52. The second kappa shape index (κ2) is 6.24. The minimum atomic E-state index is 0.473. The third kappa shape index (κ3) is 5.19. The van der Waals surface area contributed by atoms with E-state index in [1.165, 1.54) is 32.1 Å². The quantitative estimate of drug-likeness (QED) is 0.485. The normalized spacial score (nSPS) is 29.6. The van der Waals surface area contributed by atoms with Crippen LogP contribution in [-0.2, 0) is 0 Å². The summed E-state index contributed by atoms with van der Waals surface area (Å²) < 4.78 is 0. The van der Waals surface area contributed by atoms with Crippen molar-refractivity contribution in [1.29, 1.82) is 0 Å². The van der Waals surface area contributed by atoms with E-state index in [1.54, 1.807) is 0 Å². The molecule has 0 bridgehead atoms. The summed E-state index contributed by atoms with van der Waals surface area (Å²) in [6, 6.07) is 0. The molecule has 2 heteroatoms. The highest BCUT2D eigenvalue weighted by Crippen LogP contribution is 2.49. The van der Waals surface area contributed by atoms with Gasteiger partial charge in [-0.3, -0.25) is 0 Å². The van der Waals surface area contributed by atoms with Gasteiger partial charge in [-0.05, 0) is 41.9 Å². The molecule has 0 saturated heterocycles. The van der Waals surface area contributed by atoms with Crippen LogP contribution in [0.5, 0.6) is 0 Å². The number of hydrogen-bond acceptors (Lipinski definition) is 1. The maximum absolute atomic E-state index is 4.48. The third-order valence-electron chi connectivity index (χ3n) is 4.71. The van der Waals surface area contributed by atoms with Crippen LogP contribution in [0.3, 0.4) is 0 Å². The molecule has 0 aromatic rings. The van der Waals surface area contributed by atoms with Crippen molar-refractivity contribution in [3.05, 3.63) is 0 Å². The van der Waals surface area contributed by atoms with Crippen molar-refractivity contribution in [3.63, 3.8) is 0 Å². The number of rotatable bonds is 5. The molecule has 3 atom stereocenters. The molecule has 105 valence electrons. The summed E-state index contributed by atoms with van der Waals surface area (Å²) in [4.78, 5) is 0. The Balaban J connectivity index is 2.58. The SMILES string of the molecule is CCC(C)(C)CC1CC(CC(C)(C)C)CC1[B]S. The second-order valence-corrected chi connectivity index (χ2v) is 8.70. The fraction of sp³-hybridized carbons (Fsp3) is 1.00. The molecule has 0 nitrogen and oxygen atoms in total. The van der Waals surface area contributed by atoms with Crippen molar-refractivity contribution in [2.24, 2.45) is 22.7 Å². The van der Waals surface area contributed by atoms with E-state index < -0.39 is 0 Å². The Bertz CT molecular complexity index is 254. The second-order valence-electron chi connectivity index (χ2n) is 8.40. The maximum atomic E-state index is 4.48. The Kier molecular flexibility index (Phi) is 5.71. The first kappa shape index (κ1) is 16.5. The van der Waals surface area contributed by atoms with Crippen molar-refractivity contribution in [3.8, 4) is 0 Å². The van der Waals surface area contributed by atoms with Gasteiger partial charge in [-0.2, -0.15) is 0 Å². The third-order valence-corrected chi connectivity index (χ3v) is 5.09. The van der Waals surface area contributed by atoms with Gasteiger partial charge in [-0.25, -0.2) is 12.5 Å². The van der Waals surface area contributed by atoms with Crippen LogP contribution in [0.15, 0.2) is 0 Å². The van der Waals surface area contributed by atoms with E-state index in [4.69, 9.17) is 0 Å². The lowest BCUT2D eigenvalue weighted by Gasteiger charge is -2.29. The first-order valence-electron chi connectivity index (χ1n) is 7.64. The minimum Gasteiger partial charge on any atom is -0.235 e. The maximum Gasteiger partial charge on any atom is 0.191 e. The van der Waals surface area contributed by atoms with Gasteiger partial charge in [0.05, 0.1) is 0 Å². The van der Waals surface area contributed by atoms with E-state index >= 15 is 0 Å². The minimum absolute atomic E-state index is 0.473. The van der Waals surface area contributed by atoms with E-state index in [-0.39, 0.29) is 0 Å². The van der Waals surface area contributed by atoms with Crippen LogP contribution in [0, 0.1) is 22.7 Å². The van der Waals surface area contributed by atoms with Gasteiger partial charge in [0.1, 0.15) is 0 Å². The first-order valence-corrected chi connectivity index (χ1v) is 8.16. The molecule has 0 heterocycles. The summed E-state index contributed by atoms with van der Waals surface area (Å²) in [7, 11) is 0. The van der Waals surface area contributed by atoms with E-state index in [9.17, 15) is 0 Å². The zero-order chi connectivity index (χ0) is 14.0. The number of hydrogen-bond donors (Lipinski definition) is 1. The summed E-state index contributed by atoms with van der Waals surface area (Å²) in [5, 5.41) is 0. The lowest BCUT2D eigenvalue weighted by atomic mass is 9.70. The highest BCUT2D eigenvalue weighted by Gasteiger charge is 2.37. The zero-order valence-electron chi connectivity index (χ0n) is 13.3. The molecule has 3 unspecified atom stereocenters. The lowest BCUT2D eigenvalue weighted by Crippen LogP contribution is -2.18. The summed E-state index contributed by atoms with van der Waals surface area (Å²) in [5.41, 5.74) is 0.970. The topological polar surface area (TPSA) is 0 Å². The highest BCUT2D eigenvalue weighted by molar-refractivity contribution is 8.07. The fourth-order valence-corrected chi connectivity index (χ4v) is 3.95. The van der Waals surface area contributed by atoms with Crippen molar-refractivity contribution < 1.29 is 0 Å². The van der Waals surface area contributed by atoms with Crippen LogP contribution in [0.2, 0.25) is 5.82 Å². The molecule has 1 rings (SSSR count). The van der Waals surface area contributed by atoms with Crippen LogP contribution < -0.4 is 0 Å². The van der Waals surface area contributed by atoms with Gasteiger partial charge in [0, 0.05) is 0 Å². The predicted molar refractivity (Wildman–Crippen MR) is 87.5 cm³/mol. The van der Waals surface area contributed by atoms with Crippen LogP contribution in [0.1, 0.15) is 73.6 Å². The van der Waals surface area contributed by atoms with E-state index in [2.05, 4.69) is 60.6 Å². The van der Waals surface area contributed by atoms with Crippen LogP contribution in [0.25, 0.3) is 0 Å². The average Bonchev–Trinajstić information content (AvgIpc) is 2.56. The predicted octanol–water partition coefficient (Wildman–Crippen LogP) is 5.61. The molecule has 18 heavy (non-hydrogen) atoms. The molecule has 1 aliphatic carbocycles. The molecule has 1 fully saturated rings. The van der Waals surface area contributed by atoms with Gasteiger partial charge in [-0.1, -0.05) is 60.2 Å². The van der Waals surface area contributed by atoms with Gasteiger partial charge in [0.15, 0.2) is 6.56 Å². The first-order chi connectivity index (χ1) is 8.17. The van der Waals surface area contributed by atoms with Gasteiger partial charge in [-0.15, -0.1) is 0 Å². The Morgan fingerprint density at radius 3 is 2.11 bits per heavy atom. The molecule has 0 N–H and O–H groups in total. The Morgan fingerprint density at radius 1 is 1.06 bits per heavy atom. The zero-order valence-corrected chi connectivity index (χ0v) is 14.2. The molecule has 1 radical (unpaired) electrons. The van der Waals surface area contributed by atoms with E-state index in [1.807, 2.05) is 0 Å². The van der Waals surface area contributed by atoms with Crippen molar-refractivity contribution in [2.45, 2.75) is 79.5 Å². The van der Waals surface area contributed by atoms with Crippen molar-refractivity contribution >= 4 is 19.0 Å². The molecule has 0 amide bonds. The molecule has 0 spiro atoms.